The second-order valence-electron chi connectivity index (χ2n) is 8.91. The van der Waals surface area contributed by atoms with Crippen molar-refractivity contribution in [2.24, 2.45) is 0 Å². The lowest BCUT2D eigenvalue weighted by Crippen LogP contribution is -2.29. The smallest absolute Gasteiger partial charge is 0.300 e. The third-order valence-corrected chi connectivity index (χ3v) is 6.52. The van der Waals surface area contributed by atoms with Crippen molar-refractivity contribution in [2.75, 3.05) is 37.6 Å². The number of halogens is 1. The highest BCUT2D eigenvalue weighted by molar-refractivity contribution is 6.51. The Balaban J connectivity index is 1.95. The zero-order valence-corrected chi connectivity index (χ0v) is 22.2. The van der Waals surface area contributed by atoms with Crippen molar-refractivity contribution in [3.05, 3.63) is 87.9 Å². The van der Waals surface area contributed by atoms with Crippen LogP contribution in [0.1, 0.15) is 29.7 Å². The number of ketones is 1. The van der Waals surface area contributed by atoms with Crippen molar-refractivity contribution >= 4 is 40.4 Å². The van der Waals surface area contributed by atoms with Crippen molar-refractivity contribution in [3.8, 4) is 11.5 Å². The molecule has 4 rings (SSSR count). The molecule has 1 amide bonds. The van der Waals surface area contributed by atoms with E-state index in [1.54, 1.807) is 48.5 Å². The number of carbonyl (C=O) groups is 2. The lowest BCUT2D eigenvalue weighted by atomic mass is 9.94. The Morgan fingerprint density at radius 1 is 1.05 bits per heavy atom. The first kappa shape index (κ1) is 26.1. The molecule has 1 aliphatic rings. The molecule has 3 aromatic rings. The van der Waals surface area contributed by atoms with E-state index in [0.717, 1.165) is 11.3 Å². The summed E-state index contributed by atoms with van der Waals surface area (Å²) in [5, 5.41) is 11.8. The summed E-state index contributed by atoms with van der Waals surface area (Å²) in [6, 6.07) is 16.9. The van der Waals surface area contributed by atoms with Gasteiger partial charge in [-0.2, -0.15) is 0 Å². The Morgan fingerprint density at radius 3 is 2.27 bits per heavy atom. The molecule has 0 bridgehead atoms. The van der Waals surface area contributed by atoms with Gasteiger partial charge in [0.25, 0.3) is 11.7 Å². The van der Waals surface area contributed by atoms with Crippen LogP contribution in [0.5, 0.6) is 11.5 Å². The van der Waals surface area contributed by atoms with Gasteiger partial charge in [0.15, 0.2) is 0 Å². The van der Waals surface area contributed by atoms with Crippen LogP contribution in [0.4, 0.5) is 11.4 Å². The minimum atomic E-state index is -0.884. The average molecular weight is 521 g/mol. The first-order valence-electron chi connectivity index (χ1n) is 11.8. The van der Waals surface area contributed by atoms with Gasteiger partial charge < -0.3 is 19.5 Å². The second kappa shape index (κ2) is 10.6. The molecule has 1 fully saturated rings. The molecule has 1 N–H and O–H groups in total. The molecule has 1 aliphatic heterocycles. The molecule has 0 aromatic heterocycles. The van der Waals surface area contributed by atoms with Crippen molar-refractivity contribution < 1.29 is 24.2 Å². The topological polar surface area (TPSA) is 79.3 Å². The summed E-state index contributed by atoms with van der Waals surface area (Å²) in [5.74, 6) is -1.02. The highest BCUT2D eigenvalue weighted by atomic mass is 35.5. The van der Waals surface area contributed by atoms with Gasteiger partial charge in [-0.1, -0.05) is 23.7 Å². The summed E-state index contributed by atoms with van der Waals surface area (Å²) in [6.07, 6.45) is 0. The summed E-state index contributed by atoms with van der Waals surface area (Å²) < 4.78 is 11.0. The standard InChI is InChI=1S/C29H29ClN2O5/c1-6-37-21-13-7-18(8-14-21)25-24(26(33)22-15-17(2)16-23(30)28(22)36-5)27(34)29(35)32(25)20-11-9-19(10-12-20)31(3)4/h7-16,25,33H,6H2,1-5H3/b26-24+. The summed E-state index contributed by atoms with van der Waals surface area (Å²) in [5.41, 5.74) is 3.06. The van der Waals surface area contributed by atoms with Crippen molar-refractivity contribution in [3.63, 3.8) is 0 Å². The molecule has 0 spiro atoms. The summed E-state index contributed by atoms with van der Waals surface area (Å²) in [4.78, 5) is 30.3. The van der Waals surface area contributed by atoms with Gasteiger partial charge in [0.05, 0.1) is 35.9 Å². The van der Waals surface area contributed by atoms with Crippen molar-refractivity contribution in [2.45, 2.75) is 19.9 Å². The number of methoxy groups -OCH3 is 1. The molecule has 0 aliphatic carbocycles. The summed E-state index contributed by atoms with van der Waals surface area (Å²) in [6.45, 7) is 4.21. The Labute approximate surface area is 221 Å². The highest BCUT2D eigenvalue weighted by Crippen LogP contribution is 2.45. The van der Waals surface area contributed by atoms with Crippen LogP contribution in [0.3, 0.4) is 0 Å². The molecular weight excluding hydrogens is 492 g/mol. The Bertz CT molecular complexity index is 1360. The van der Waals surface area contributed by atoms with Crippen molar-refractivity contribution in [1.29, 1.82) is 0 Å². The number of Topliss-reactive ketones (excluding diaryl/α,β-unsaturated/α-hetero) is 1. The first-order valence-corrected chi connectivity index (χ1v) is 12.2. The number of carbonyl (C=O) groups excluding carboxylic acids is 2. The summed E-state index contributed by atoms with van der Waals surface area (Å²) in [7, 11) is 5.27. The van der Waals surface area contributed by atoms with E-state index in [2.05, 4.69) is 0 Å². The average Bonchev–Trinajstić information content (AvgIpc) is 3.14. The van der Waals surface area contributed by atoms with E-state index in [1.807, 2.05) is 45.0 Å². The fraction of sp³-hybridized carbons (Fsp3) is 0.241. The first-order chi connectivity index (χ1) is 17.7. The number of anilines is 2. The van der Waals surface area contributed by atoms with E-state index in [9.17, 15) is 14.7 Å². The zero-order chi connectivity index (χ0) is 26.9. The SMILES string of the molecule is CCOc1ccc(C2/C(=C(\O)c3cc(C)cc(Cl)c3OC)C(=O)C(=O)N2c2ccc(N(C)C)cc2)cc1. The molecule has 1 unspecified atom stereocenters. The molecule has 3 aromatic carbocycles. The van der Waals surface area contributed by atoms with E-state index in [1.165, 1.54) is 12.0 Å². The van der Waals surface area contributed by atoms with Crippen molar-refractivity contribution in [1.82, 2.24) is 0 Å². The number of hydrogen-bond donors (Lipinski definition) is 1. The number of rotatable bonds is 7. The third kappa shape index (κ3) is 4.87. The zero-order valence-electron chi connectivity index (χ0n) is 21.4. The molecule has 1 atom stereocenters. The lowest BCUT2D eigenvalue weighted by Gasteiger charge is -2.26. The number of aliphatic hydroxyl groups is 1. The largest absolute Gasteiger partial charge is 0.507 e. The van der Waals surface area contributed by atoms with E-state index in [4.69, 9.17) is 21.1 Å². The fourth-order valence-electron chi connectivity index (χ4n) is 4.50. The fourth-order valence-corrected chi connectivity index (χ4v) is 4.85. The van der Waals surface area contributed by atoms with Gasteiger partial charge in [-0.3, -0.25) is 14.5 Å². The molecule has 0 saturated carbocycles. The number of amides is 1. The van der Waals surface area contributed by atoms with Crippen LogP contribution in [0.2, 0.25) is 5.02 Å². The molecule has 1 heterocycles. The van der Waals surface area contributed by atoms with Crippen LogP contribution in [-0.4, -0.2) is 44.6 Å². The van der Waals surface area contributed by atoms with E-state index < -0.39 is 17.7 Å². The number of benzene rings is 3. The number of nitrogens with zero attached hydrogens (tertiary/aromatic N) is 2. The van der Waals surface area contributed by atoms with E-state index in [0.29, 0.717) is 23.6 Å². The summed E-state index contributed by atoms with van der Waals surface area (Å²) >= 11 is 6.38. The molecule has 192 valence electrons. The van der Waals surface area contributed by atoms with Gasteiger partial charge in [0.1, 0.15) is 17.3 Å². The van der Waals surface area contributed by atoms with Crippen LogP contribution in [0.25, 0.3) is 5.76 Å². The number of ether oxygens (including phenoxy) is 2. The van der Waals surface area contributed by atoms with Gasteiger partial charge in [0.2, 0.25) is 0 Å². The highest BCUT2D eigenvalue weighted by Gasteiger charge is 2.47. The van der Waals surface area contributed by atoms with Crippen LogP contribution in [0.15, 0.2) is 66.2 Å². The number of aryl methyl sites for hydroxylation is 1. The van der Waals surface area contributed by atoms with Crippen LogP contribution in [0, 0.1) is 6.92 Å². The number of aliphatic hydroxyl groups excluding tert-OH is 1. The van der Waals surface area contributed by atoms with Crippen LogP contribution in [-0.2, 0) is 9.59 Å². The van der Waals surface area contributed by atoms with Gasteiger partial charge in [0, 0.05) is 25.5 Å². The molecule has 37 heavy (non-hydrogen) atoms. The maximum absolute atomic E-state index is 13.5. The molecular formula is C29H29ClN2O5. The third-order valence-electron chi connectivity index (χ3n) is 6.24. The van der Waals surface area contributed by atoms with Gasteiger partial charge in [-0.25, -0.2) is 0 Å². The molecule has 7 nitrogen and oxygen atoms in total. The second-order valence-corrected chi connectivity index (χ2v) is 9.32. The molecule has 8 heteroatoms. The Kier molecular flexibility index (Phi) is 7.45. The normalized spacial score (nSPS) is 16.7. The Morgan fingerprint density at radius 2 is 1.70 bits per heavy atom. The lowest BCUT2D eigenvalue weighted by molar-refractivity contribution is -0.132. The van der Waals surface area contributed by atoms with Crippen LogP contribution >= 0.6 is 11.6 Å². The minimum absolute atomic E-state index is 0.0502. The molecule has 0 radical (unpaired) electrons. The monoisotopic (exact) mass is 520 g/mol. The van der Waals surface area contributed by atoms with E-state index in [-0.39, 0.29) is 27.7 Å². The van der Waals surface area contributed by atoms with E-state index >= 15 is 0 Å². The predicted molar refractivity (Wildman–Crippen MR) is 146 cm³/mol. The maximum Gasteiger partial charge on any atom is 0.300 e. The van der Waals surface area contributed by atoms with Gasteiger partial charge in [-0.05, 0) is 73.5 Å². The minimum Gasteiger partial charge on any atom is -0.507 e. The van der Waals surface area contributed by atoms with Gasteiger partial charge >= 0.3 is 0 Å². The maximum atomic E-state index is 13.5. The quantitative estimate of drug-likeness (QED) is 0.243. The van der Waals surface area contributed by atoms with Crippen LogP contribution < -0.4 is 19.3 Å². The Hall–Kier alpha value is -3.97. The molecule has 1 saturated heterocycles. The predicted octanol–water partition coefficient (Wildman–Crippen LogP) is 5.75. The number of hydrogen-bond acceptors (Lipinski definition) is 6. The van der Waals surface area contributed by atoms with Gasteiger partial charge in [-0.15, -0.1) is 0 Å².